The van der Waals surface area contributed by atoms with E-state index in [9.17, 15) is 4.79 Å². The summed E-state index contributed by atoms with van der Waals surface area (Å²) in [6.45, 7) is 7.61. The van der Waals surface area contributed by atoms with Crippen molar-refractivity contribution in [2.75, 3.05) is 34.4 Å². The van der Waals surface area contributed by atoms with Crippen molar-refractivity contribution in [3.05, 3.63) is 29.5 Å². The maximum Gasteiger partial charge on any atom is 0.254 e. The number of rotatable bonds is 6. The number of amides is 1. The van der Waals surface area contributed by atoms with Crippen molar-refractivity contribution in [1.82, 2.24) is 15.1 Å². The summed E-state index contributed by atoms with van der Waals surface area (Å²) in [6, 6.07) is 3.36. The molecule has 1 amide bonds. The van der Waals surface area contributed by atoms with E-state index < -0.39 is 0 Å². The Labute approximate surface area is 177 Å². The van der Waals surface area contributed by atoms with Crippen LogP contribution in [0.3, 0.4) is 0 Å². The number of nitrogens with zero attached hydrogens (tertiary/aromatic N) is 3. The molecule has 0 unspecified atom stereocenters. The molecule has 0 spiro atoms. The summed E-state index contributed by atoms with van der Waals surface area (Å²) in [6.07, 6.45) is 2.51. The van der Waals surface area contributed by atoms with Crippen LogP contribution in [0.4, 0.5) is 0 Å². The minimum absolute atomic E-state index is 0.0333. The minimum atomic E-state index is -0.0895. The second kappa shape index (κ2) is 8.93. The average Bonchev–Trinajstić information content (AvgIpc) is 3.18. The standard InChI is InChI=1S/C22H31N3O5/c1-22(2,3)12-18-23-24-20(30-18)14-8-7-9-25(13-14)21(26)15-10-16(27-4)19(29-6)17(11-15)28-5/h10-11,14H,7-9,12-13H2,1-6H3/t14-/m1/s1. The molecular weight excluding hydrogens is 386 g/mol. The van der Waals surface area contributed by atoms with Gasteiger partial charge in [-0.25, -0.2) is 0 Å². The van der Waals surface area contributed by atoms with Gasteiger partial charge in [-0.05, 0) is 30.4 Å². The average molecular weight is 418 g/mol. The van der Waals surface area contributed by atoms with Crippen LogP contribution in [0.2, 0.25) is 0 Å². The van der Waals surface area contributed by atoms with Crippen LogP contribution < -0.4 is 14.2 Å². The maximum atomic E-state index is 13.2. The highest BCUT2D eigenvalue weighted by Gasteiger charge is 2.30. The van der Waals surface area contributed by atoms with Crippen molar-refractivity contribution in [2.24, 2.45) is 5.41 Å². The summed E-state index contributed by atoms with van der Waals surface area (Å²) in [5.41, 5.74) is 0.564. The molecule has 1 aliphatic rings. The lowest BCUT2D eigenvalue weighted by molar-refractivity contribution is 0.0697. The smallest absolute Gasteiger partial charge is 0.254 e. The number of ether oxygens (including phenoxy) is 3. The Morgan fingerprint density at radius 2 is 1.80 bits per heavy atom. The van der Waals surface area contributed by atoms with E-state index in [4.69, 9.17) is 18.6 Å². The summed E-state index contributed by atoms with van der Waals surface area (Å²) in [4.78, 5) is 15.0. The predicted molar refractivity (Wildman–Crippen MR) is 111 cm³/mol. The van der Waals surface area contributed by atoms with E-state index in [1.54, 1.807) is 12.1 Å². The molecular formula is C22H31N3O5. The van der Waals surface area contributed by atoms with Crippen LogP contribution >= 0.6 is 0 Å². The fraction of sp³-hybridized carbons (Fsp3) is 0.591. The highest BCUT2D eigenvalue weighted by atomic mass is 16.5. The Kier molecular flexibility index (Phi) is 6.53. The first-order chi connectivity index (χ1) is 14.3. The van der Waals surface area contributed by atoms with E-state index in [0.717, 1.165) is 19.3 Å². The second-order valence-electron chi connectivity index (χ2n) is 8.78. The zero-order valence-electron chi connectivity index (χ0n) is 18.7. The van der Waals surface area contributed by atoms with Gasteiger partial charge in [0.25, 0.3) is 5.91 Å². The van der Waals surface area contributed by atoms with Crippen molar-refractivity contribution >= 4 is 5.91 Å². The predicted octanol–water partition coefficient (Wildman–Crippen LogP) is 3.70. The molecule has 1 saturated heterocycles. The van der Waals surface area contributed by atoms with Gasteiger partial charge in [0.2, 0.25) is 17.5 Å². The molecule has 8 heteroatoms. The van der Waals surface area contributed by atoms with Crippen LogP contribution in [0.5, 0.6) is 17.2 Å². The third-order valence-electron chi connectivity index (χ3n) is 5.13. The number of likely N-dealkylation sites (tertiary alicyclic amines) is 1. The van der Waals surface area contributed by atoms with Gasteiger partial charge in [-0.1, -0.05) is 20.8 Å². The molecule has 1 aromatic carbocycles. The lowest BCUT2D eigenvalue weighted by atomic mass is 9.92. The lowest BCUT2D eigenvalue weighted by Crippen LogP contribution is -2.39. The molecule has 0 bridgehead atoms. The summed E-state index contributed by atoms with van der Waals surface area (Å²) in [7, 11) is 4.61. The van der Waals surface area contributed by atoms with E-state index >= 15 is 0 Å². The summed E-state index contributed by atoms with van der Waals surface area (Å²) in [5, 5.41) is 8.46. The van der Waals surface area contributed by atoms with Gasteiger partial charge < -0.3 is 23.5 Å². The van der Waals surface area contributed by atoms with Crippen LogP contribution in [0.25, 0.3) is 0 Å². The van der Waals surface area contributed by atoms with Crippen molar-refractivity contribution in [1.29, 1.82) is 0 Å². The number of hydrogen-bond acceptors (Lipinski definition) is 7. The molecule has 0 saturated carbocycles. The van der Waals surface area contributed by atoms with Gasteiger partial charge in [0, 0.05) is 25.1 Å². The first kappa shape index (κ1) is 21.9. The molecule has 2 aromatic rings. The fourth-order valence-electron chi connectivity index (χ4n) is 3.71. The number of hydrogen-bond donors (Lipinski definition) is 0. The van der Waals surface area contributed by atoms with E-state index in [2.05, 4.69) is 31.0 Å². The largest absolute Gasteiger partial charge is 0.493 e. The molecule has 1 aliphatic heterocycles. The summed E-state index contributed by atoms with van der Waals surface area (Å²) >= 11 is 0. The number of aromatic nitrogens is 2. The molecule has 1 fully saturated rings. The lowest BCUT2D eigenvalue weighted by Gasteiger charge is -2.31. The Morgan fingerprint density at radius 3 is 2.37 bits per heavy atom. The monoisotopic (exact) mass is 417 g/mol. The molecule has 0 N–H and O–H groups in total. The van der Waals surface area contributed by atoms with Crippen molar-refractivity contribution < 1.29 is 23.4 Å². The van der Waals surface area contributed by atoms with Crippen molar-refractivity contribution in [3.8, 4) is 17.2 Å². The molecule has 0 radical (unpaired) electrons. The number of methoxy groups -OCH3 is 3. The molecule has 30 heavy (non-hydrogen) atoms. The number of carbonyl (C=O) groups excluding carboxylic acids is 1. The highest BCUT2D eigenvalue weighted by Crippen LogP contribution is 2.39. The zero-order chi connectivity index (χ0) is 21.9. The first-order valence-corrected chi connectivity index (χ1v) is 10.2. The van der Waals surface area contributed by atoms with E-state index in [1.165, 1.54) is 21.3 Å². The van der Waals surface area contributed by atoms with Gasteiger partial charge in [0.1, 0.15) is 0 Å². The van der Waals surface area contributed by atoms with Crippen LogP contribution in [0, 0.1) is 5.41 Å². The quantitative estimate of drug-likeness (QED) is 0.708. The molecule has 3 rings (SSSR count). The third-order valence-corrected chi connectivity index (χ3v) is 5.13. The summed E-state index contributed by atoms with van der Waals surface area (Å²) < 4.78 is 22.0. The topological polar surface area (TPSA) is 86.9 Å². The van der Waals surface area contributed by atoms with Crippen LogP contribution in [0.1, 0.15) is 61.7 Å². The second-order valence-corrected chi connectivity index (χ2v) is 8.78. The van der Waals surface area contributed by atoms with Crippen molar-refractivity contribution in [2.45, 2.75) is 46.0 Å². The Bertz CT molecular complexity index is 862. The van der Waals surface area contributed by atoms with Crippen LogP contribution in [-0.2, 0) is 6.42 Å². The van der Waals surface area contributed by atoms with Gasteiger partial charge in [-0.3, -0.25) is 4.79 Å². The van der Waals surface area contributed by atoms with Gasteiger partial charge in [0.05, 0.1) is 27.2 Å². The number of piperidine rings is 1. The number of benzene rings is 1. The first-order valence-electron chi connectivity index (χ1n) is 10.2. The maximum absolute atomic E-state index is 13.2. The Balaban J connectivity index is 1.78. The third kappa shape index (κ3) is 4.86. The molecule has 0 aliphatic carbocycles. The fourth-order valence-corrected chi connectivity index (χ4v) is 3.71. The van der Waals surface area contributed by atoms with Crippen molar-refractivity contribution in [3.63, 3.8) is 0 Å². The highest BCUT2D eigenvalue weighted by molar-refractivity contribution is 5.95. The minimum Gasteiger partial charge on any atom is -0.493 e. The van der Waals surface area contributed by atoms with Crippen LogP contribution in [-0.4, -0.2) is 55.4 Å². The van der Waals surface area contributed by atoms with E-state index in [-0.39, 0.29) is 17.2 Å². The summed E-state index contributed by atoms with van der Waals surface area (Å²) in [5.74, 6) is 2.57. The van der Waals surface area contributed by atoms with E-state index in [0.29, 0.717) is 47.7 Å². The van der Waals surface area contributed by atoms with Gasteiger partial charge in [0.15, 0.2) is 11.5 Å². The Morgan fingerprint density at radius 1 is 1.13 bits per heavy atom. The number of carbonyl (C=O) groups is 1. The van der Waals surface area contributed by atoms with Gasteiger partial charge in [-0.15, -0.1) is 10.2 Å². The van der Waals surface area contributed by atoms with E-state index in [1.807, 2.05) is 4.90 Å². The molecule has 1 atom stereocenters. The molecule has 1 aromatic heterocycles. The molecule has 8 nitrogen and oxygen atoms in total. The Hall–Kier alpha value is -2.77. The zero-order valence-corrected chi connectivity index (χ0v) is 18.7. The van der Waals surface area contributed by atoms with Crippen LogP contribution in [0.15, 0.2) is 16.5 Å². The molecule has 2 heterocycles. The SMILES string of the molecule is COc1cc(C(=O)N2CCC[C@@H](c3nnc(CC(C)(C)C)o3)C2)cc(OC)c1OC. The normalized spacial score (nSPS) is 17.0. The molecule has 164 valence electrons. The van der Waals surface area contributed by atoms with Gasteiger partial charge in [-0.2, -0.15) is 0 Å². The van der Waals surface area contributed by atoms with Gasteiger partial charge >= 0.3 is 0 Å².